The third-order valence-electron chi connectivity index (χ3n) is 4.69. The second-order valence-electron chi connectivity index (χ2n) is 6.92. The van der Waals surface area contributed by atoms with Gasteiger partial charge in [-0.05, 0) is 6.07 Å². The summed E-state index contributed by atoms with van der Waals surface area (Å²) in [5.74, 6) is 0.983. The number of hydrogen-bond donors (Lipinski definition) is 1. The normalized spacial score (nSPS) is 15.8. The van der Waals surface area contributed by atoms with Gasteiger partial charge in [0.05, 0.1) is 30.8 Å². The van der Waals surface area contributed by atoms with E-state index in [0.29, 0.717) is 11.3 Å². The summed E-state index contributed by atoms with van der Waals surface area (Å²) in [5.41, 5.74) is -2.64. The van der Waals surface area contributed by atoms with Crippen LogP contribution in [0.1, 0.15) is 11.4 Å². The van der Waals surface area contributed by atoms with E-state index in [1.54, 1.807) is 0 Å². The Hall–Kier alpha value is -2.80. The first kappa shape index (κ1) is 22.4. The molecule has 1 N–H and O–H groups in total. The molecule has 1 aliphatic heterocycles. The highest BCUT2D eigenvalue weighted by atomic mass is 32.2. The fourth-order valence-corrected chi connectivity index (χ4v) is 5.29. The van der Waals surface area contributed by atoms with Gasteiger partial charge in [-0.25, -0.2) is 35.3 Å². The molecule has 2 aromatic heterocycles. The van der Waals surface area contributed by atoms with Crippen molar-refractivity contribution in [1.82, 2.24) is 24.1 Å². The minimum absolute atomic E-state index is 0.0922. The van der Waals surface area contributed by atoms with Crippen molar-refractivity contribution in [3.8, 4) is 17.5 Å². The van der Waals surface area contributed by atoms with E-state index < -0.39 is 50.1 Å². The van der Waals surface area contributed by atoms with Crippen LogP contribution in [0.3, 0.4) is 0 Å². The molecular formula is C17H13F4N5O4S2. The van der Waals surface area contributed by atoms with Gasteiger partial charge in [-0.3, -0.25) is 4.57 Å². The second kappa shape index (κ2) is 7.96. The summed E-state index contributed by atoms with van der Waals surface area (Å²) in [7, 11) is -4.60. The number of terminal acetylenes is 1. The van der Waals surface area contributed by atoms with E-state index in [2.05, 4.69) is 20.8 Å². The minimum Gasteiger partial charge on any atom is -0.377 e. The summed E-state index contributed by atoms with van der Waals surface area (Å²) in [6.45, 7) is -1.87. The van der Waals surface area contributed by atoms with Crippen LogP contribution >= 0.6 is 11.3 Å². The average molecular weight is 491 g/mol. The lowest BCUT2D eigenvalue weighted by Crippen LogP contribution is -2.63. The Labute approximate surface area is 181 Å². The fraction of sp³-hybridized carbons (Fsp3) is 0.353. The lowest BCUT2D eigenvalue weighted by atomic mass is 10.0. The maximum Gasteiger partial charge on any atom is 0.336 e. The third kappa shape index (κ3) is 3.58. The summed E-state index contributed by atoms with van der Waals surface area (Å²) in [4.78, 5) is 12.0. The van der Waals surface area contributed by atoms with Crippen molar-refractivity contribution in [1.29, 1.82) is 0 Å². The van der Waals surface area contributed by atoms with Gasteiger partial charge in [0.2, 0.25) is 15.2 Å². The molecule has 0 atom stereocenters. The summed E-state index contributed by atoms with van der Waals surface area (Å²) >= 11 is 0.399. The molecular weight excluding hydrogens is 478 g/mol. The van der Waals surface area contributed by atoms with Crippen LogP contribution in [0, 0.1) is 18.2 Å². The second-order valence-corrected chi connectivity index (χ2v) is 9.55. The molecule has 0 saturated carbocycles. The highest BCUT2D eigenvalue weighted by Crippen LogP contribution is 2.29. The SMILES string of the molecule is C#CCn1c(=O)n(-c2nnc(C(F)F)s2)c2cc(S(=O)(=O)NC3(CF)COC3)c(F)cc21. The van der Waals surface area contributed by atoms with Crippen LogP contribution in [-0.4, -0.2) is 53.2 Å². The number of imidazole rings is 1. The van der Waals surface area contributed by atoms with Gasteiger partial charge in [-0.1, -0.05) is 17.3 Å². The standard InChI is InChI=1S/C17H13F4N5O4S2/c1-2-3-25-10-4-9(19)12(32(28,29)24-17(6-18)7-30-8-17)5-11(10)26(16(25)27)15-23-22-14(31-15)13(20)21/h1,4-5,13,24H,3,6-8H2. The number of rotatable bonds is 7. The number of ether oxygens (including phenoxy) is 1. The van der Waals surface area contributed by atoms with E-state index in [4.69, 9.17) is 11.2 Å². The van der Waals surface area contributed by atoms with Crippen LogP contribution in [0.2, 0.25) is 0 Å². The molecule has 15 heteroatoms. The van der Waals surface area contributed by atoms with Crippen molar-refractivity contribution in [2.75, 3.05) is 19.9 Å². The van der Waals surface area contributed by atoms with Gasteiger partial charge in [-0.15, -0.1) is 16.6 Å². The Morgan fingerprint density at radius 1 is 1.31 bits per heavy atom. The molecule has 0 amide bonds. The van der Waals surface area contributed by atoms with E-state index >= 15 is 0 Å². The molecule has 1 saturated heterocycles. The smallest absolute Gasteiger partial charge is 0.336 e. The molecule has 1 aromatic carbocycles. The lowest BCUT2D eigenvalue weighted by molar-refractivity contribution is -0.0725. The topological polar surface area (TPSA) is 108 Å². The van der Waals surface area contributed by atoms with E-state index in [1.807, 2.05) is 0 Å². The van der Waals surface area contributed by atoms with E-state index in [1.165, 1.54) is 0 Å². The Kier molecular flexibility index (Phi) is 5.57. The summed E-state index contributed by atoms with van der Waals surface area (Å²) in [6, 6.07) is 1.60. The van der Waals surface area contributed by atoms with Crippen LogP contribution < -0.4 is 10.4 Å². The number of nitrogens with one attached hydrogen (secondary N) is 1. The van der Waals surface area contributed by atoms with Crippen LogP contribution in [-0.2, 0) is 21.3 Å². The highest BCUT2D eigenvalue weighted by molar-refractivity contribution is 7.89. The summed E-state index contributed by atoms with van der Waals surface area (Å²) in [6.07, 6.45) is 2.32. The Morgan fingerprint density at radius 3 is 2.56 bits per heavy atom. The first-order valence-electron chi connectivity index (χ1n) is 8.80. The van der Waals surface area contributed by atoms with Crippen LogP contribution in [0.15, 0.2) is 21.8 Å². The maximum atomic E-state index is 14.8. The molecule has 3 heterocycles. The maximum absolute atomic E-state index is 14.8. The molecule has 170 valence electrons. The van der Waals surface area contributed by atoms with Gasteiger partial charge in [0.1, 0.15) is 22.9 Å². The summed E-state index contributed by atoms with van der Waals surface area (Å²) in [5, 5.41) is 5.91. The van der Waals surface area contributed by atoms with Gasteiger partial charge in [0, 0.05) is 6.07 Å². The number of benzene rings is 1. The number of alkyl halides is 3. The predicted molar refractivity (Wildman–Crippen MR) is 105 cm³/mol. The van der Waals surface area contributed by atoms with Crippen LogP contribution in [0.25, 0.3) is 16.2 Å². The number of aromatic nitrogens is 4. The molecule has 32 heavy (non-hydrogen) atoms. The van der Waals surface area contributed by atoms with E-state index in [0.717, 1.165) is 21.3 Å². The van der Waals surface area contributed by atoms with Gasteiger partial charge in [0.15, 0.2) is 5.01 Å². The van der Waals surface area contributed by atoms with Crippen molar-refractivity contribution in [3.05, 3.63) is 33.4 Å². The van der Waals surface area contributed by atoms with Crippen molar-refractivity contribution < 1.29 is 30.7 Å². The number of hydrogen-bond acceptors (Lipinski definition) is 7. The van der Waals surface area contributed by atoms with Gasteiger partial charge in [0.25, 0.3) is 6.43 Å². The van der Waals surface area contributed by atoms with Crippen molar-refractivity contribution in [3.63, 3.8) is 0 Å². The van der Waals surface area contributed by atoms with Gasteiger partial charge in [-0.2, -0.15) is 4.72 Å². The quantitative estimate of drug-likeness (QED) is 0.395. The van der Waals surface area contributed by atoms with Gasteiger partial charge < -0.3 is 4.74 Å². The molecule has 0 unspecified atom stereocenters. The average Bonchev–Trinajstić information content (AvgIpc) is 3.28. The van der Waals surface area contributed by atoms with Gasteiger partial charge >= 0.3 is 5.69 Å². The molecule has 4 rings (SSSR count). The van der Waals surface area contributed by atoms with Crippen LogP contribution in [0.5, 0.6) is 0 Å². The molecule has 3 aromatic rings. The molecule has 0 aliphatic carbocycles. The number of sulfonamides is 1. The Bertz CT molecular complexity index is 1400. The minimum atomic E-state index is -4.60. The first-order chi connectivity index (χ1) is 15.1. The predicted octanol–water partition coefficient (Wildman–Crippen LogP) is 1.37. The van der Waals surface area contributed by atoms with E-state index in [-0.39, 0.29) is 35.9 Å². The number of fused-ring (bicyclic) bond motifs is 1. The zero-order valence-corrected chi connectivity index (χ0v) is 17.5. The molecule has 0 bridgehead atoms. The fourth-order valence-electron chi connectivity index (χ4n) is 3.15. The third-order valence-corrected chi connectivity index (χ3v) is 7.20. The molecule has 9 nitrogen and oxygen atoms in total. The number of nitrogens with zero attached hydrogens (tertiary/aromatic N) is 4. The van der Waals surface area contributed by atoms with Crippen molar-refractivity contribution >= 4 is 32.4 Å². The summed E-state index contributed by atoms with van der Waals surface area (Å²) < 4.78 is 88.4. The van der Waals surface area contributed by atoms with E-state index in [9.17, 15) is 30.8 Å². The Morgan fingerprint density at radius 2 is 2.03 bits per heavy atom. The zero-order valence-electron chi connectivity index (χ0n) is 15.9. The number of halogens is 4. The zero-order chi connectivity index (χ0) is 23.3. The molecule has 1 fully saturated rings. The molecule has 0 spiro atoms. The highest BCUT2D eigenvalue weighted by Gasteiger charge is 2.43. The largest absolute Gasteiger partial charge is 0.377 e. The van der Waals surface area contributed by atoms with Crippen molar-refractivity contribution in [2.45, 2.75) is 23.4 Å². The van der Waals surface area contributed by atoms with Crippen LogP contribution in [0.4, 0.5) is 17.6 Å². The lowest BCUT2D eigenvalue weighted by Gasteiger charge is -2.39. The van der Waals surface area contributed by atoms with Crippen molar-refractivity contribution in [2.24, 2.45) is 0 Å². The Balaban J connectivity index is 1.93. The monoisotopic (exact) mass is 491 g/mol. The molecule has 1 aliphatic rings. The first-order valence-corrected chi connectivity index (χ1v) is 11.1. The molecule has 0 radical (unpaired) electrons.